The summed E-state index contributed by atoms with van der Waals surface area (Å²) < 4.78 is 0. The number of thioether (sulfide) groups is 1. The molecule has 1 aliphatic heterocycles. The van der Waals surface area contributed by atoms with Crippen LogP contribution in [0.3, 0.4) is 0 Å². The molecule has 0 N–H and O–H groups in total. The van der Waals surface area contributed by atoms with Crippen LogP contribution < -0.4 is 0 Å². The predicted molar refractivity (Wildman–Crippen MR) is 76.8 cm³/mol. The van der Waals surface area contributed by atoms with Crippen molar-refractivity contribution >= 4 is 23.6 Å². The number of carbonyl (C=O) groups is 2. The summed E-state index contributed by atoms with van der Waals surface area (Å²) in [5, 5.41) is -0.0444. The Balaban J connectivity index is 2.17. The van der Waals surface area contributed by atoms with Gasteiger partial charge in [0.05, 0.1) is 5.75 Å². The molecule has 1 aromatic carbocycles. The Morgan fingerprint density at radius 1 is 1.37 bits per heavy atom. The van der Waals surface area contributed by atoms with Crippen molar-refractivity contribution in [1.29, 1.82) is 0 Å². The van der Waals surface area contributed by atoms with Crippen LogP contribution in [0.5, 0.6) is 0 Å². The zero-order chi connectivity index (χ0) is 14.0. The number of aryl methyl sites for hydroxylation is 1. The highest BCUT2D eigenvalue weighted by molar-refractivity contribution is 8.00. The molecule has 1 heterocycles. The lowest BCUT2D eigenvalue weighted by Crippen LogP contribution is -2.38. The average molecular weight is 278 g/mol. The Kier molecular flexibility index (Phi) is 4.14. The fourth-order valence-corrected chi connectivity index (χ4v) is 3.11. The molecule has 2 rings (SSSR count). The maximum Gasteiger partial charge on any atom is 0.241 e. The lowest BCUT2D eigenvalue weighted by molar-refractivity contribution is -0.137. The highest BCUT2D eigenvalue weighted by atomic mass is 32.2. The van der Waals surface area contributed by atoms with Crippen molar-refractivity contribution in [2.24, 2.45) is 0 Å². The first kappa shape index (κ1) is 13.9. The van der Waals surface area contributed by atoms with E-state index < -0.39 is 0 Å². The number of benzene rings is 1. The van der Waals surface area contributed by atoms with E-state index in [2.05, 4.69) is 0 Å². The summed E-state index contributed by atoms with van der Waals surface area (Å²) >= 11 is 1.58. The van der Waals surface area contributed by atoms with Gasteiger partial charge in [-0.25, -0.2) is 0 Å². The molecule has 0 bridgehead atoms. The van der Waals surface area contributed by atoms with E-state index in [9.17, 15) is 9.59 Å². The van der Waals surface area contributed by atoms with Gasteiger partial charge in [-0.1, -0.05) is 29.8 Å². The third kappa shape index (κ3) is 3.10. The van der Waals surface area contributed by atoms with Crippen molar-refractivity contribution in [2.75, 3.05) is 26.4 Å². The van der Waals surface area contributed by atoms with E-state index in [1.807, 2.05) is 31.2 Å². The smallest absolute Gasteiger partial charge is 0.241 e. The van der Waals surface area contributed by atoms with Crippen molar-refractivity contribution in [2.45, 2.75) is 12.3 Å². The van der Waals surface area contributed by atoms with E-state index >= 15 is 0 Å². The van der Waals surface area contributed by atoms with Gasteiger partial charge in [0, 0.05) is 14.1 Å². The van der Waals surface area contributed by atoms with E-state index in [-0.39, 0.29) is 23.7 Å². The fourth-order valence-electron chi connectivity index (χ4n) is 1.92. The minimum absolute atomic E-state index is 0.0331. The molecule has 0 unspecified atom stereocenters. The molecule has 2 amide bonds. The quantitative estimate of drug-likeness (QED) is 0.844. The number of carbonyl (C=O) groups excluding carboxylic acids is 2. The molecule has 1 aromatic rings. The summed E-state index contributed by atoms with van der Waals surface area (Å²) in [5.41, 5.74) is 2.27. The van der Waals surface area contributed by atoms with Gasteiger partial charge in [-0.05, 0) is 12.5 Å². The van der Waals surface area contributed by atoms with E-state index in [4.69, 9.17) is 0 Å². The molecule has 1 aliphatic rings. The SMILES string of the molecule is Cc1ccc([C@H]2SCC(=O)N2CC(=O)N(C)C)cc1. The molecule has 1 fully saturated rings. The standard InChI is InChI=1S/C14H18N2O2S/c1-10-4-6-11(7-5-10)14-16(13(18)9-19-14)8-12(17)15(2)3/h4-7,14H,8-9H2,1-3H3/t14-/m1/s1. The third-order valence-corrected chi connectivity index (χ3v) is 4.39. The molecule has 0 radical (unpaired) electrons. The monoisotopic (exact) mass is 278 g/mol. The van der Waals surface area contributed by atoms with Gasteiger partial charge >= 0.3 is 0 Å². The maximum absolute atomic E-state index is 11.9. The van der Waals surface area contributed by atoms with Crippen LogP contribution in [0.2, 0.25) is 0 Å². The Bertz CT molecular complexity index is 485. The first-order chi connectivity index (χ1) is 8.99. The van der Waals surface area contributed by atoms with Gasteiger partial charge in [0.25, 0.3) is 0 Å². The van der Waals surface area contributed by atoms with Gasteiger partial charge in [0.2, 0.25) is 11.8 Å². The van der Waals surface area contributed by atoms with E-state index in [1.165, 1.54) is 10.5 Å². The zero-order valence-electron chi connectivity index (χ0n) is 11.4. The molecule has 0 aromatic heterocycles. The summed E-state index contributed by atoms with van der Waals surface area (Å²) in [5.74, 6) is 0.429. The predicted octanol–water partition coefficient (Wildman–Crippen LogP) is 1.66. The molecule has 1 saturated heterocycles. The average Bonchev–Trinajstić information content (AvgIpc) is 2.72. The van der Waals surface area contributed by atoms with Crippen LogP contribution in [0.1, 0.15) is 16.5 Å². The molecule has 0 spiro atoms. The topological polar surface area (TPSA) is 40.6 Å². The molecular formula is C14H18N2O2S. The number of nitrogens with zero attached hydrogens (tertiary/aromatic N) is 2. The Hall–Kier alpha value is -1.49. The van der Waals surface area contributed by atoms with E-state index in [0.29, 0.717) is 5.75 Å². The second kappa shape index (κ2) is 5.65. The second-order valence-corrected chi connectivity index (χ2v) is 5.95. The zero-order valence-corrected chi connectivity index (χ0v) is 12.2. The summed E-state index contributed by atoms with van der Waals surface area (Å²) in [6, 6.07) is 8.12. The summed E-state index contributed by atoms with van der Waals surface area (Å²) in [4.78, 5) is 26.9. The molecule has 0 saturated carbocycles. The normalized spacial score (nSPS) is 18.8. The summed E-state index contributed by atoms with van der Waals surface area (Å²) in [6.45, 7) is 2.18. The number of amides is 2. The van der Waals surface area contributed by atoms with Gasteiger partial charge < -0.3 is 9.80 Å². The van der Waals surface area contributed by atoms with Gasteiger partial charge in [0.15, 0.2) is 0 Å². The highest BCUT2D eigenvalue weighted by Crippen LogP contribution is 2.38. The molecule has 0 aliphatic carbocycles. The number of rotatable bonds is 3. The highest BCUT2D eigenvalue weighted by Gasteiger charge is 2.34. The van der Waals surface area contributed by atoms with Crippen LogP contribution >= 0.6 is 11.8 Å². The first-order valence-electron chi connectivity index (χ1n) is 6.17. The van der Waals surface area contributed by atoms with Crippen molar-refractivity contribution in [3.05, 3.63) is 35.4 Å². The lowest BCUT2D eigenvalue weighted by Gasteiger charge is -2.25. The van der Waals surface area contributed by atoms with Crippen LogP contribution in [-0.2, 0) is 9.59 Å². The Labute approximate surface area is 117 Å². The lowest BCUT2D eigenvalue weighted by atomic mass is 10.1. The molecule has 5 heteroatoms. The van der Waals surface area contributed by atoms with Crippen LogP contribution in [0.4, 0.5) is 0 Å². The Morgan fingerprint density at radius 2 is 2.00 bits per heavy atom. The van der Waals surface area contributed by atoms with Gasteiger partial charge in [-0.3, -0.25) is 9.59 Å². The molecular weight excluding hydrogens is 260 g/mol. The minimum Gasteiger partial charge on any atom is -0.347 e. The minimum atomic E-state index is -0.0482. The number of hydrogen-bond acceptors (Lipinski definition) is 3. The second-order valence-electron chi connectivity index (χ2n) is 4.88. The summed E-state index contributed by atoms with van der Waals surface area (Å²) in [6.07, 6.45) is 0. The Morgan fingerprint density at radius 3 is 2.58 bits per heavy atom. The van der Waals surface area contributed by atoms with Gasteiger partial charge in [-0.15, -0.1) is 11.8 Å². The van der Waals surface area contributed by atoms with Gasteiger partial charge in [-0.2, -0.15) is 0 Å². The van der Waals surface area contributed by atoms with Crippen LogP contribution in [0, 0.1) is 6.92 Å². The van der Waals surface area contributed by atoms with Crippen LogP contribution in [0.25, 0.3) is 0 Å². The van der Waals surface area contributed by atoms with E-state index in [1.54, 1.807) is 30.8 Å². The van der Waals surface area contributed by atoms with E-state index in [0.717, 1.165) is 5.56 Å². The molecule has 102 valence electrons. The van der Waals surface area contributed by atoms with Crippen molar-refractivity contribution in [3.8, 4) is 0 Å². The fraction of sp³-hybridized carbons (Fsp3) is 0.429. The maximum atomic E-state index is 11.9. The van der Waals surface area contributed by atoms with Crippen LogP contribution in [0.15, 0.2) is 24.3 Å². The summed E-state index contributed by atoms with van der Waals surface area (Å²) in [7, 11) is 3.41. The van der Waals surface area contributed by atoms with Gasteiger partial charge in [0.1, 0.15) is 11.9 Å². The van der Waals surface area contributed by atoms with Crippen molar-refractivity contribution in [1.82, 2.24) is 9.80 Å². The van der Waals surface area contributed by atoms with Crippen molar-refractivity contribution < 1.29 is 9.59 Å². The third-order valence-electron chi connectivity index (χ3n) is 3.14. The van der Waals surface area contributed by atoms with Crippen LogP contribution in [-0.4, -0.2) is 48.0 Å². The first-order valence-corrected chi connectivity index (χ1v) is 7.21. The number of hydrogen-bond donors (Lipinski definition) is 0. The molecule has 1 atom stereocenters. The van der Waals surface area contributed by atoms with Crippen molar-refractivity contribution in [3.63, 3.8) is 0 Å². The number of likely N-dealkylation sites (N-methyl/N-ethyl adjacent to an activating group) is 1. The molecule has 4 nitrogen and oxygen atoms in total. The molecule has 19 heavy (non-hydrogen) atoms. The largest absolute Gasteiger partial charge is 0.347 e.